The third kappa shape index (κ3) is 3.73. The lowest BCUT2D eigenvalue weighted by Gasteiger charge is -2.08. The Morgan fingerprint density at radius 3 is 2.61 bits per heavy atom. The van der Waals surface area contributed by atoms with Crippen LogP contribution in [-0.2, 0) is 0 Å². The van der Waals surface area contributed by atoms with Crippen molar-refractivity contribution in [3.63, 3.8) is 0 Å². The number of hydrogen-bond donors (Lipinski definition) is 3. The van der Waals surface area contributed by atoms with Gasteiger partial charge in [-0.15, -0.1) is 0 Å². The number of nitrogens with one attached hydrogen (secondary N) is 1. The number of nitro benzene ring substituents is 1. The summed E-state index contributed by atoms with van der Waals surface area (Å²) in [5.74, 6) is -1.94. The number of nitro groups is 1. The molecule has 0 saturated carbocycles. The number of hydrazone groups is 1. The van der Waals surface area contributed by atoms with E-state index in [1.54, 1.807) is 0 Å². The van der Waals surface area contributed by atoms with E-state index in [1.165, 1.54) is 12.1 Å². The zero-order valence-corrected chi connectivity index (χ0v) is 11.5. The Labute approximate surface area is 129 Å². The molecule has 2 rings (SSSR count). The molecule has 0 unspecified atom stereocenters. The maximum absolute atomic E-state index is 11.8. The Balaban J connectivity index is 2.14. The Kier molecular flexibility index (Phi) is 4.41. The first-order chi connectivity index (χ1) is 10.9. The maximum atomic E-state index is 11.8. The highest BCUT2D eigenvalue weighted by Gasteiger charge is 2.11. The van der Waals surface area contributed by atoms with Crippen molar-refractivity contribution >= 4 is 17.8 Å². The summed E-state index contributed by atoms with van der Waals surface area (Å²) in [4.78, 5) is 21.7. The van der Waals surface area contributed by atoms with Crippen LogP contribution in [0.25, 0.3) is 0 Å². The zero-order chi connectivity index (χ0) is 17.0. The normalized spacial score (nSPS) is 10.6. The van der Waals surface area contributed by atoms with E-state index in [-0.39, 0.29) is 22.6 Å². The van der Waals surface area contributed by atoms with E-state index in [0.29, 0.717) is 0 Å². The van der Waals surface area contributed by atoms with Crippen LogP contribution in [0.1, 0.15) is 15.9 Å². The number of aromatic hydroxyl groups is 2. The van der Waals surface area contributed by atoms with Gasteiger partial charge in [0.25, 0.3) is 11.6 Å². The van der Waals surface area contributed by atoms with Gasteiger partial charge in [0.05, 0.1) is 16.7 Å². The Bertz CT molecular complexity index is 803. The van der Waals surface area contributed by atoms with Crippen LogP contribution in [0.3, 0.4) is 0 Å². The molecule has 2 aromatic carbocycles. The van der Waals surface area contributed by atoms with E-state index in [9.17, 15) is 25.1 Å². The second-order valence-electron chi connectivity index (χ2n) is 4.38. The molecule has 9 nitrogen and oxygen atoms in total. The van der Waals surface area contributed by atoms with Gasteiger partial charge >= 0.3 is 0 Å². The minimum atomic E-state index is -0.781. The quantitative estimate of drug-likeness (QED) is 0.432. The van der Waals surface area contributed by atoms with Gasteiger partial charge < -0.3 is 15.3 Å². The first-order valence-electron chi connectivity index (χ1n) is 6.19. The largest absolute Gasteiger partial charge is 0.872 e. The summed E-state index contributed by atoms with van der Waals surface area (Å²) in [5.41, 5.74) is 1.57. The number of nitrogens with zero attached hydrogens (tertiary/aromatic N) is 2. The van der Waals surface area contributed by atoms with Gasteiger partial charge in [0, 0.05) is 18.2 Å². The third-order valence-electron chi connectivity index (χ3n) is 2.80. The molecule has 0 aliphatic heterocycles. The van der Waals surface area contributed by atoms with Gasteiger partial charge in [-0.25, -0.2) is 5.43 Å². The molecule has 0 fully saturated rings. The summed E-state index contributed by atoms with van der Waals surface area (Å²) in [7, 11) is 0. The smallest absolute Gasteiger partial charge is 0.275 e. The number of hydrogen-bond acceptors (Lipinski definition) is 7. The van der Waals surface area contributed by atoms with Crippen molar-refractivity contribution in [3.05, 3.63) is 57.6 Å². The van der Waals surface area contributed by atoms with E-state index in [4.69, 9.17) is 5.11 Å². The molecule has 0 aliphatic rings. The average Bonchev–Trinajstić information content (AvgIpc) is 2.48. The predicted molar refractivity (Wildman–Crippen MR) is 77.4 cm³/mol. The third-order valence-corrected chi connectivity index (χ3v) is 2.80. The molecule has 1 amide bonds. The fraction of sp³-hybridized carbons (Fsp3) is 0. The molecule has 3 N–H and O–H groups in total. The van der Waals surface area contributed by atoms with Crippen molar-refractivity contribution in [3.8, 4) is 17.2 Å². The highest BCUT2D eigenvalue weighted by Crippen LogP contribution is 2.22. The van der Waals surface area contributed by atoms with Gasteiger partial charge in [-0.3, -0.25) is 14.9 Å². The molecule has 9 heteroatoms. The summed E-state index contributed by atoms with van der Waals surface area (Å²) >= 11 is 0. The molecule has 0 saturated heterocycles. The first kappa shape index (κ1) is 15.8. The van der Waals surface area contributed by atoms with Crippen LogP contribution in [0.5, 0.6) is 17.2 Å². The van der Waals surface area contributed by atoms with Gasteiger partial charge in [-0.1, -0.05) is 11.8 Å². The minimum absolute atomic E-state index is 0.0746. The highest BCUT2D eigenvalue weighted by molar-refractivity contribution is 5.97. The van der Waals surface area contributed by atoms with Gasteiger partial charge in [0.2, 0.25) is 0 Å². The number of carbonyl (C=O) groups excluding carboxylic acids is 1. The van der Waals surface area contributed by atoms with Crippen LogP contribution in [0.15, 0.2) is 41.5 Å². The molecule has 0 bridgehead atoms. The predicted octanol–water partition coefficient (Wildman–Crippen LogP) is 0.843. The number of benzene rings is 2. The summed E-state index contributed by atoms with van der Waals surface area (Å²) in [6.07, 6.45) is 0.963. The fourth-order valence-corrected chi connectivity index (χ4v) is 1.68. The lowest BCUT2D eigenvalue weighted by atomic mass is 10.2. The minimum Gasteiger partial charge on any atom is -0.872 e. The number of amides is 1. The van der Waals surface area contributed by atoms with Crippen molar-refractivity contribution in [1.82, 2.24) is 5.43 Å². The second-order valence-corrected chi connectivity index (χ2v) is 4.38. The van der Waals surface area contributed by atoms with Crippen LogP contribution < -0.4 is 10.5 Å². The van der Waals surface area contributed by atoms with Crippen molar-refractivity contribution in [2.75, 3.05) is 0 Å². The lowest BCUT2D eigenvalue weighted by molar-refractivity contribution is -0.385. The number of carbonyl (C=O) groups is 1. The van der Waals surface area contributed by atoms with Crippen LogP contribution in [-0.4, -0.2) is 27.3 Å². The van der Waals surface area contributed by atoms with Crippen LogP contribution in [0.2, 0.25) is 0 Å². The van der Waals surface area contributed by atoms with E-state index < -0.39 is 22.3 Å². The number of non-ortho nitro benzene ring substituents is 1. The maximum Gasteiger partial charge on any atom is 0.275 e. The molecular formula is C14H10N3O6-. The van der Waals surface area contributed by atoms with Crippen LogP contribution in [0, 0.1) is 10.1 Å². The molecule has 0 heterocycles. The van der Waals surface area contributed by atoms with E-state index in [0.717, 1.165) is 30.5 Å². The van der Waals surface area contributed by atoms with Gasteiger partial charge in [0.1, 0.15) is 11.5 Å². The lowest BCUT2D eigenvalue weighted by Crippen LogP contribution is -2.17. The zero-order valence-electron chi connectivity index (χ0n) is 11.5. The standard InChI is InChI=1S/C14H11N3O6/c18-10-2-3-11(13(20)6-10)14(21)16-15-7-8-5-9(17(22)23)1-4-12(8)19/h1-7,18-20H,(H,16,21)/p-1/b15-7+. The number of rotatable bonds is 4. The molecule has 23 heavy (non-hydrogen) atoms. The summed E-state index contributed by atoms with van der Waals surface area (Å²) < 4.78 is 0. The molecule has 0 spiro atoms. The van der Waals surface area contributed by atoms with Crippen molar-refractivity contribution in [2.45, 2.75) is 0 Å². The van der Waals surface area contributed by atoms with E-state index in [1.807, 2.05) is 0 Å². The second kappa shape index (κ2) is 6.43. The summed E-state index contributed by atoms with van der Waals surface area (Å²) in [6.45, 7) is 0. The fourth-order valence-electron chi connectivity index (χ4n) is 1.68. The van der Waals surface area contributed by atoms with Crippen LogP contribution >= 0.6 is 0 Å². The van der Waals surface area contributed by atoms with E-state index in [2.05, 4.69) is 10.5 Å². The Hall–Kier alpha value is -3.62. The molecule has 0 radical (unpaired) electrons. The van der Waals surface area contributed by atoms with Gasteiger partial charge in [-0.05, 0) is 17.7 Å². The van der Waals surface area contributed by atoms with Crippen molar-refractivity contribution < 1.29 is 25.0 Å². The summed E-state index contributed by atoms with van der Waals surface area (Å²) in [6, 6.07) is 6.47. The molecule has 2 aromatic rings. The average molecular weight is 316 g/mol. The Morgan fingerprint density at radius 1 is 1.22 bits per heavy atom. The van der Waals surface area contributed by atoms with Crippen molar-refractivity contribution in [1.29, 1.82) is 0 Å². The molecular weight excluding hydrogens is 306 g/mol. The first-order valence-corrected chi connectivity index (χ1v) is 6.19. The monoisotopic (exact) mass is 316 g/mol. The topological polar surface area (TPSA) is 148 Å². The highest BCUT2D eigenvalue weighted by atomic mass is 16.6. The van der Waals surface area contributed by atoms with Crippen molar-refractivity contribution in [2.24, 2.45) is 5.10 Å². The molecule has 118 valence electrons. The SMILES string of the molecule is O=C(N/N=C/c1cc([N+](=O)[O-])ccc1[O-])c1ccc(O)cc1O. The summed E-state index contributed by atoms with van der Waals surface area (Å²) in [5, 5.41) is 44.4. The molecule has 0 aromatic heterocycles. The molecule has 0 aliphatic carbocycles. The van der Waals surface area contributed by atoms with E-state index >= 15 is 0 Å². The van der Waals surface area contributed by atoms with Crippen LogP contribution in [0.4, 0.5) is 5.69 Å². The number of phenols is 2. The Morgan fingerprint density at radius 2 is 1.96 bits per heavy atom. The van der Waals surface area contributed by atoms with Gasteiger partial charge in [0.15, 0.2) is 0 Å². The number of phenolic OH excluding ortho intramolecular Hbond substituents is 2. The van der Waals surface area contributed by atoms with Gasteiger partial charge in [-0.2, -0.15) is 5.10 Å². The molecule has 0 atom stereocenters.